The predicted octanol–water partition coefficient (Wildman–Crippen LogP) is 0.415. The van der Waals surface area contributed by atoms with Crippen molar-refractivity contribution < 1.29 is 5.11 Å². The van der Waals surface area contributed by atoms with Crippen molar-refractivity contribution in [3.63, 3.8) is 0 Å². The fourth-order valence-electron chi connectivity index (χ4n) is 1.13. The molecule has 0 heterocycles. The van der Waals surface area contributed by atoms with E-state index in [1.165, 1.54) is 0 Å². The highest BCUT2D eigenvalue weighted by Gasteiger charge is 2.40. The highest BCUT2D eigenvalue weighted by molar-refractivity contribution is 5.19. The summed E-state index contributed by atoms with van der Waals surface area (Å²) in [5.41, 5.74) is 6.51. The molecule has 1 aliphatic carbocycles. The molecule has 1 aliphatic rings. The monoisotopic (exact) mass is 127 g/mol. The number of rotatable bonds is 1. The first-order valence-electron chi connectivity index (χ1n) is 3.17. The maximum absolute atomic E-state index is 8.91. The molecule has 9 heavy (non-hydrogen) atoms. The quantitative estimate of drug-likeness (QED) is 0.501. The molecule has 1 fully saturated rings. The molecule has 1 rings (SSSR count). The smallest absolute Gasteiger partial charge is 0.0581 e. The van der Waals surface area contributed by atoms with Gasteiger partial charge in [-0.3, -0.25) is 0 Å². The Balaban J connectivity index is 2.50. The summed E-state index contributed by atoms with van der Waals surface area (Å²) in [5.74, 6) is 0. The van der Waals surface area contributed by atoms with E-state index in [4.69, 9.17) is 10.8 Å². The molecule has 0 aromatic rings. The molecule has 52 valence electrons. The average Bonchev–Trinajstić information content (AvgIpc) is 1.62. The van der Waals surface area contributed by atoms with E-state index in [9.17, 15) is 0 Å². The van der Waals surface area contributed by atoms with Gasteiger partial charge in [-0.15, -0.1) is 0 Å². The van der Waals surface area contributed by atoms with Crippen LogP contribution in [0.3, 0.4) is 0 Å². The van der Waals surface area contributed by atoms with E-state index in [1.54, 1.807) is 0 Å². The summed E-state index contributed by atoms with van der Waals surface area (Å²) in [7, 11) is 0. The molecule has 2 nitrogen and oxygen atoms in total. The van der Waals surface area contributed by atoms with Crippen LogP contribution >= 0.6 is 0 Å². The van der Waals surface area contributed by atoms with Crippen LogP contribution in [0, 0.1) is 0 Å². The molecule has 0 atom stereocenters. The van der Waals surface area contributed by atoms with Crippen LogP contribution in [-0.2, 0) is 0 Å². The third-order valence-corrected chi connectivity index (χ3v) is 2.05. The Hall–Kier alpha value is -0.340. The third kappa shape index (κ3) is 1.00. The second-order valence-corrected chi connectivity index (χ2v) is 3.00. The molecule has 0 aromatic carbocycles. The van der Waals surface area contributed by atoms with Crippen molar-refractivity contribution in [2.75, 3.05) is 0 Å². The van der Waals surface area contributed by atoms with Gasteiger partial charge in [-0.2, -0.15) is 0 Å². The zero-order valence-electron chi connectivity index (χ0n) is 5.72. The lowest BCUT2D eigenvalue weighted by molar-refractivity contribution is 0.0406. The fraction of sp³-hybridized carbons (Fsp3) is 0.714. The predicted molar refractivity (Wildman–Crippen MR) is 37.0 cm³/mol. The van der Waals surface area contributed by atoms with Gasteiger partial charge in [-0.25, -0.2) is 0 Å². The van der Waals surface area contributed by atoms with Crippen molar-refractivity contribution in [3.05, 3.63) is 12.2 Å². The second-order valence-electron chi connectivity index (χ2n) is 3.00. The van der Waals surface area contributed by atoms with Gasteiger partial charge in [0.05, 0.1) is 6.10 Å². The van der Waals surface area contributed by atoms with Gasteiger partial charge in [0.15, 0.2) is 0 Å². The van der Waals surface area contributed by atoms with Crippen LogP contribution in [0.2, 0.25) is 0 Å². The molecule has 0 bridgehead atoms. The van der Waals surface area contributed by atoms with Crippen LogP contribution in [0.5, 0.6) is 0 Å². The van der Waals surface area contributed by atoms with E-state index in [1.807, 2.05) is 6.92 Å². The second kappa shape index (κ2) is 1.82. The Kier molecular flexibility index (Phi) is 1.37. The SMILES string of the molecule is C=C(C)C1(N)CC(O)C1. The zero-order chi connectivity index (χ0) is 7.07. The number of nitrogens with two attached hydrogens (primary N) is 1. The zero-order valence-corrected chi connectivity index (χ0v) is 5.72. The molecule has 2 heteroatoms. The van der Waals surface area contributed by atoms with Crippen LogP contribution < -0.4 is 5.73 Å². The Bertz CT molecular complexity index is 136. The minimum Gasteiger partial charge on any atom is -0.393 e. The van der Waals surface area contributed by atoms with Crippen molar-refractivity contribution in [2.45, 2.75) is 31.4 Å². The average molecular weight is 127 g/mol. The minimum atomic E-state index is -0.251. The molecule has 0 unspecified atom stereocenters. The molecule has 0 saturated heterocycles. The van der Waals surface area contributed by atoms with Gasteiger partial charge in [-0.1, -0.05) is 12.2 Å². The van der Waals surface area contributed by atoms with Crippen molar-refractivity contribution in [1.29, 1.82) is 0 Å². The van der Waals surface area contributed by atoms with E-state index < -0.39 is 0 Å². The van der Waals surface area contributed by atoms with Gasteiger partial charge >= 0.3 is 0 Å². The van der Waals surface area contributed by atoms with E-state index in [0.717, 1.165) is 5.57 Å². The van der Waals surface area contributed by atoms with Crippen molar-refractivity contribution >= 4 is 0 Å². The number of hydrogen-bond donors (Lipinski definition) is 2. The van der Waals surface area contributed by atoms with E-state index in [0.29, 0.717) is 12.8 Å². The summed E-state index contributed by atoms with van der Waals surface area (Å²) in [6.45, 7) is 5.66. The standard InChI is InChI=1S/C7H13NO/c1-5(2)7(8)3-6(9)4-7/h6,9H,1,3-4,8H2,2H3. The summed E-state index contributed by atoms with van der Waals surface area (Å²) in [6.07, 6.45) is 1.18. The summed E-state index contributed by atoms with van der Waals surface area (Å²) in [6, 6.07) is 0. The first-order chi connectivity index (χ1) is 4.04. The first kappa shape index (κ1) is 6.78. The Labute approximate surface area is 55.4 Å². The van der Waals surface area contributed by atoms with Gasteiger partial charge < -0.3 is 10.8 Å². The lowest BCUT2D eigenvalue weighted by Gasteiger charge is -2.42. The third-order valence-electron chi connectivity index (χ3n) is 2.05. The summed E-state index contributed by atoms with van der Waals surface area (Å²) in [5, 5.41) is 8.91. The number of aliphatic hydroxyl groups excluding tert-OH is 1. The highest BCUT2D eigenvalue weighted by Crippen LogP contribution is 2.34. The van der Waals surface area contributed by atoms with Crippen molar-refractivity contribution in [1.82, 2.24) is 0 Å². The maximum Gasteiger partial charge on any atom is 0.0581 e. The van der Waals surface area contributed by atoms with Gasteiger partial charge in [0.2, 0.25) is 0 Å². The molecular weight excluding hydrogens is 114 g/mol. The molecule has 0 spiro atoms. The molecule has 0 amide bonds. The highest BCUT2D eigenvalue weighted by atomic mass is 16.3. The summed E-state index contributed by atoms with van der Waals surface area (Å²) < 4.78 is 0. The first-order valence-corrected chi connectivity index (χ1v) is 3.17. The molecule has 0 aromatic heterocycles. The largest absolute Gasteiger partial charge is 0.393 e. The molecule has 0 aliphatic heterocycles. The Morgan fingerprint density at radius 3 is 2.33 bits per heavy atom. The van der Waals surface area contributed by atoms with Gasteiger partial charge in [0, 0.05) is 5.54 Å². The summed E-state index contributed by atoms with van der Waals surface area (Å²) >= 11 is 0. The molecule has 1 saturated carbocycles. The topological polar surface area (TPSA) is 46.2 Å². The van der Waals surface area contributed by atoms with Crippen LogP contribution in [0.25, 0.3) is 0 Å². The van der Waals surface area contributed by atoms with E-state index in [-0.39, 0.29) is 11.6 Å². The molecular formula is C7H13NO. The molecule has 0 radical (unpaired) electrons. The summed E-state index contributed by atoms with van der Waals surface area (Å²) in [4.78, 5) is 0. The molecule has 3 N–H and O–H groups in total. The fourth-order valence-corrected chi connectivity index (χ4v) is 1.13. The number of hydrogen-bond acceptors (Lipinski definition) is 2. The van der Waals surface area contributed by atoms with Crippen LogP contribution in [0.15, 0.2) is 12.2 Å². The maximum atomic E-state index is 8.91. The lowest BCUT2D eigenvalue weighted by atomic mass is 9.71. The Morgan fingerprint density at radius 2 is 2.22 bits per heavy atom. The van der Waals surface area contributed by atoms with E-state index in [2.05, 4.69) is 6.58 Å². The van der Waals surface area contributed by atoms with Gasteiger partial charge in [0.1, 0.15) is 0 Å². The van der Waals surface area contributed by atoms with Crippen LogP contribution in [-0.4, -0.2) is 16.7 Å². The van der Waals surface area contributed by atoms with Crippen LogP contribution in [0.1, 0.15) is 19.8 Å². The van der Waals surface area contributed by atoms with Gasteiger partial charge in [0.25, 0.3) is 0 Å². The van der Waals surface area contributed by atoms with Crippen molar-refractivity contribution in [3.8, 4) is 0 Å². The van der Waals surface area contributed by atoms with E-state index >= 15 is 0 Å². The van der Waals surface area contributed by atoms with Gasteiger partial charge in [-0.05, 0) is 19.8 Å². The lowest BCUT2D eigenvalue weighted by Crippen LogP contribution is -2.55. The normalized spacial score (nSPS) is 41.9. The Morgan fingerprint density at radius 1 is 1.78 bits per heavy atom. The van der Waals surface area contributed by atoms with Crippen molar-refractivity contribution in [2.24, 2.45) is 5.73 Å². The van der Waals surface area contributed by atoms with Crippen LogP contribution in [0.4, 0.5) is 0 Å². The number of aliphatic hydroxyl groups is 1. The minimum absolute atomic E-state index is 0.188.